The summed E-state index contributed by atoms with van der Waals surface area (Å²) in [7, 11) is 2.82. The first-order chi connectivity index (χ1) is 6.98. The summed E-state index contributed by atoms with van der Waals surface area (Å²) in [6, 6.07) is 1.93. The van der Waals surface area contributed by atoms with E-state index in [0.29, 0.717) is 0 Å². The van der Waals surface area contributed by atoms with Gasteiger partial charge in [-0.05, 0) is 11.5 Å². The zero-order valence-electron chi connectivity index (χ0n) is 9.40. The summed E-state index contributed by atoms with van der Waals surface area (Å²) in [4.78, 5) is 11.4. The molecule has 0 aromatic heterocycles. The van der Waals surface area contributed by atoms with Crippen LogP contribution in [0.5, 0.6) is 0 Å². The Bertz CT molecular complexity index is 338. The molecule has 1 rings (SSSR count). The van der Waals surface area contributed by atoms with Crippen LogP contribution in [0.15, 0.2) is 11.8 Å². The summed E-state index contributed by atoms with van der Waals surface area (Å²) < 4.78 is 9.55. The van der Waals surface area contributed by atoms with E-state index in [0.717, 1.165) is 0 Å². The average Bonchev–Trinajstić information content (AvgIpc) is 2.75. The first-order valence-corrected chi connectivity index (χ1v) is 4.72. The van der Waals surface area contributed by atoms with Crippen molar-refractivity contribution >= 4 is 5.97 Å². The van der Waals surface area contributed by atoms with E-state index in [1.165, 1.54) is 14.2 Å². The fourth-order valence-electron chi connectivity index (χ4n) is 1.88. The highest BCUT2D eigenvalue weighted by Crippen LogP contribution is 2.59. The third kappa shape index (κ3) is 1.96. The molecular weight excluding hydrogens is 194 g/mol. The van der Waals surface area contributed by atoms with Gasteiger partial charge in [-0.15, -0.1) is 0 Å². The molecule has 4 heteroatoms. The molecule has 15 heavy (non-hydrogen) atoms. The van der Waals surface area contributed by atoms with Crippen LogP contribution < -0.4 is 0 Å². The molecule has 0 unspecified atom stereocenters. The second-order valence-electron chi connectivity index (χ2n) is 4.19. The molecule has 82 valence electrons. The molecular formula is C11H15NO3. The van der Waals surface area contributed by atoms with E-state index in [9.17, 15) is 4.79 Å². The standard InChI is InChI=1S/C11H15NO3/c1-11(2)8(5-7(6-12)14-3)9(11)10(13)15-4/h5,8-9H,1-4H3/b7-5+/t8-,9+/m1/s1. The largest absolute Gasteiger partial charge is 0.487 e. The third-order valence-corrected chi connectivity index (χ3v) is 3.03. The van der Waals surface area contributed by atoms with E-state index >= 15 is 0 Å². The van der Waals surface area contributed by atoms with Crippen LogP contribution in [0.2, 0.25) is 0 Å². The molecule has 0 saturated heterocycles. The van der Waals surface area contributed by atoms with Crippen molar-refractivity contribution in [2.24, 2.45) is 17.3 Å². The van der Waals surface area contributed by atoms with Gasteiger partial charge in [0.05, 0.1) is 20.1 Å². The van der Waals surface area contributed by atoms with Crippen molar-refractivity contribution in [3.63, 3.8) is 0 Å². The zero-order valence-corrected chi connectivity index (χ0v) is 9.40. The van der Waals surface area contributed by atoms with E-state index in [-0.39, 0.29) is 29.0 Å². The Morgan fingerprint density at radius 1 is 1.40 bits per heavy atom. The van der Waals surface area contributed by atoms with Crippen molar-refractivity contribution in [3.05, 3.63) is 11.8 Å². The van der Waals surface area contributed by atoms with Crippen LogP contribution in [0.25, 0.3) is 0 Å². The van der Waals surface area contributed by atoms with Crippen molar-refractivity contribution in [2.75, 3.05) is 14.2 Å². The molecule has 1 fully saturated rings. The van der Waals surface area contributed by atoms with E-state index in [2.05, 4.69) is 0 Å². The van der Waals surface area contributed by atoms with E-state index in [1.54, 1.807) is 6.08 Å². The Morgan fingerprint density at radius 3 is 2.40 bits per heavy atom. The number of ether oxygens (including phenoxy) is 2. The van der Waals surface area contributed by atoms with E-state index in [4.69, 9.17) is 14.7 Å². The summed E-state index contributed by atoms with van der Waals surface area (Å²) >= 11 is 0. The molecule has 0 amide bonds. The van der Waals surface area contributed by atoms with Crippen molar-refractivity contribution in [1.29, 1.82) is 5.26 Å². The van der Waals surface area contributed by atoms with Gasteiger partial charge in [0.2, 0.25) is 0 Å². The summed E-state index contributed by atoms with van der Waals surface area (Å²) in [6.45, 7) is 3.95. The SMILES string of the molecule is COC(=O)[C@@H]1[C@@H](/C=C(\C#N)OC)C1(C)C. The predicted octanol–water partition coefficient (Wildman–Crippen LogP) is 1.49. The lowest BCUT2D eigenvalue weighted by Crippen LogP contribution is -2.07. The topological polar surface area (TPSA) is 59.3 Å². The Balaban J connectivity index is 2.80. The van der Waals surface area contributed by atoms with Crippen LogP contribution in [0.1, 0.15) is 13.8 Å². The highest BCUT2D eigenvalue weighted by atomic mass is 16.5. The number of nitriles is 1. The third-order valence-electron chi connectivity index (χ3n) is 3.03. The minimum absolute atomic E-state index is 0.0274. The number of carbonyl (C=O) groups excluding carboxylic acids is 1. The maximum atomic E-state index is 11.4. The van der Waals surface area contributed by atoms with Crippen LogP contribution in [0.3, 0.4) is 0 Å². The summed E-state index contributed by atoms with van der Waals surface area (Å²) in [5.41, 5.74) is -0.145. The predicted molar refractivity (Wildman–Crippen MR) is 53.5 cm³/mol. The van der Waals surface area contributed by atoms with E-state index in [1.807, 2.05) is 19.9 Å². The molecule has 0 aromatic carbocycles. The Kier molecular flexibility index (Phi) is 3.04. The van der Waals surface area contributed by atoms with Crippen LogP contribution in [-0.2, 0) is 14.3 Å². The quantitative estimate of drug-likeness (QED) is 0.401. The normalized spacial score (nSPS) is 27.8. The first kappa shape index (κ1) is 11.6. The zero-order chi connectivity index (χ0) is 11.6. The van der Waals surface area contributed by atoms with Gasteiger partial charge in [-0.1, -0.05) is 13.8 Å². The molecule has 0 bridgehead atoms. The van der Waals surface area contributed by atoms with Crippen molar-refractivity contribution in [3.8, 4) is 6.07 Å². The molecule has 0 spiro atoms. The van der Waals surface area contributed by atoms with Gasteiger partial charge >= 0.3 is 5.97 Å². The fourth-order valence-corrected chi connectivity index (χ4v) is 1.88. The van der Waals surface area contributed by atoms with Crippen LogP contribution in [-0.4, -0.2) is 20.2 Å². The number of hydrogen-bond acceptors (Lipinski definition) is 4. The lowest BCUT2D eigenvalue weighted by molar-refractivity contribution is -0.143. The number of carbonyl (C=O) groups is 1. The lowest BCUT2D eigenvalue weighted by Gasteiger charge is -1.99. The van der Waals surface area contributed by atoms with Gasteiger partial charge in [-0.25, -0.2) is 0 Å². The highest BCUT2D eigenvalue weighted by Gasteiger charge is 2.61. The van der Waals surface area contributed by atoms with Gasteiger partial charge in [0.25, 0.3) is 0 Å². The minimum atomic E-state index is -0.227. The molecule has 0 heterocycles. The molecule has 1 saturated carbocycles. The van der Waals surface area contributed by atoms with Gasteiger partial charge in [0.1, 0.15) is 6.07 Å². The van der Waals surface area contributed by atoms with Gasteiger partial charge in [0.15, 0.2) is 5.76 Å². The maximum Gasteiger partial charge on any atom is 0.309 e. The monoisotopic (exact) mass is 209 g/mol. The van der Waals surface area contributed by atoms with Gasteiger partial charge in [0, 0.05) is 5.92 Å². The van der Waals surface area contributed by atoms with Crippen LogP contribution >= 0.6 is 0 Å². The van der Waals surface area contributed by atoms with E-state index < -0.39 is 0 Å². The number of nitrogens with zero attached hydrogens (tertiary/aromatic N) is 1. The molecule has 1 aliphatic carbocycles. The van der Waals surface area contributed by atoms with Gasteiger partial charge in [-0.3, -0.25) is 4.79 Å². The molecule has 2 atom stereocenters. The number of rotatable bonds is 3. The lowest BCUT2D eigenvalue weighted by atomic mass is 10.1. The number of hydrogen-bond donors (Lipinski definition) is 0. The summed E-state index contributed by atoms with van der Waals surface area (Å²) in [5.74, 6) is -0.116. The second-order valence-corrected chi connectivity index (χ2v) is 4.19. The molecule has 4 nitrogen and oxygen atoms in total. The first-order valence-electron chi connectivity index (χ1n) is 4.72. The van der Waals surface area contributed by atoms with Crippen LogP contribution in [0.4, 0.5) is 0 Å². The van der Waals surface area contributed by atoms with Crippen molar-refractivity contribution < 1.29 is 14.3 Å². The highest BCUT2D eigenvalue weighted by molar-refractivity contribution is 5.78. The Hall–Kier alpha value is -1.50. The van der Waals surface area contributed by atoms with Gasteiger partial charge < -0.3 is 9.47 Å². The minimum Gasteiger partial charge on any atom is -0.487 e. The molecule has 0 N–H and O–H groups in total. The number of allylic oxidation sites excluding steroid dienone is 2. The number of esters is 1. The maximum absolute atomic E-state index is 11.4. The molecule has 0 aliphatic heterocycles. The fraction of sp³-hybridized carbons (Fsp3) is 0.636. The van der Waals surface area contributed by atoms with Crippen molar-refractivity contribution in [2.45, 2.75) is 13.8 Å². The van der Waals surface area contributed by atoms with Gasteiger partial charge in [-0.2, -0.15) is 5.26 Å². The molecule has 1 aliphatic rings. The molecule has 0 radical (unpaired) electrons. The average molecular weight is 209 g/mol. The number of methoxy groups -OCH3 is 2. The Labute approximate surface area is 89.5 Å². The second kappa shape index (κ2) is 3.93. The van der Waals surface area contributed by atoms with Crippen molar-refractivity contribution in [1.82, 2.24) is 0 Å². The smallest absolute Gasteiger partial charge is 0.309 e. The molecule has 0 aromatic rings. The Morgan fingerprint density at radius 2 is 2.00 bits per heavy atom. The van der Waals surface area contributed by atoms with Crippen LogP contribution in [0, 0.1) is 28.6 Å². The summed E-state index contributed by atoms with van der Waals surface area (Å²) in [6.07, 6.45) is 1.70. The summed E-state index contributed by atoms with van der Waals surface area (Å²) in [5, 5.41) is 8.70.